The maximum atomic E-state index is 9.25. The fourth-order valence-corrected chi connectivity index (χ4v) is 0.300. The van der Waals surface area contributed by atoms with Crippen LogP contribution in [0.5, 0.6) is 0 Å². The lowest BCUT2D eigenvalue weighted by Gasteiger charge is -2.23. The Labute approximate surface area is 143 Å². The molecule has 0 aromatic heterocycles. The van der Waals surface area contributed by atoms with Crippen LogP contribution in [-0.4, -0.2) is 88.8 Å². The lowest BCUT2D eigenvalue weighted by atomic mass is 9.93. The number of hydrogen-bond acceptors (Lipinski definition) is 11. The molecular weight excluding hydrogens is 378 g/mol. The average molecular weight is 397 g/mol. The normalized spacial score (nSPS) is 8.15. The van der Waals surface area contributed by atoms with Gasteiger partial charge in [-0.1, -0.05) is 6.58 Å². The van der Waals surface area contributed by atoms with E-state index in [4.69, 9.17) is 71.5 Å². The summed E-state index contributed by atoms with van der Waals surface area (Å²) in [4.78, 5) is 34.3. The molecule has 156 valence electrons. The maximum Gasteiger partial charge on any atom is 0.327 e. The Morgan fingerprint density at radius 3 is 0.923 bits per heavy atom. The van der Waals surface area contributed by atoms with Gasteiger partial charge in [0.1, 0.15) is 0 Å². The van der Waals surface area contributed by atoms with Gasteiger partial charge in [0.15, 0.2) is 0 Å². The zero-order valence-corrected chi connectivity index (χ0v) is 12.9. The van der Waals surface area contributed by atoms with Crippen LogP contribution >= 0.6 is 0 Å². The van der Waals surface area contributed by atoms with Crippen LogP contribution in [0.2, 0.25) is 0 Å². The van der Waals surface area contributed by atoms with Gasteiger partial charge in [0.05, 0.1) is 31.8 Å². The van der Waals surface area contributed by atoms with Gasteiger partial charge in [-0.3, -0.25) is 0 Å². The number of nitrogens with zero attached hydrogens (tertiary/aromatic N) is 3. The Morgan fingerprint density at radius 1 is 0.808 bits per heavy atom. The highest BCUT2D eigenvalue weighted by molar-refractivity contribution is 5.78. The summed E-state index contributed by atoms with van der Waals surface area (Å²) in [6.07, 6.45) is 0.833. The van der Waals surface area contributed by atoms with Crippen LogP contribution < -0.4 is 0 Å². The molecule has 0 bridgehead atoms. The quantitative estimate of drug-likeness (QED) is 0.131. The molecule has 18 nitrogen and oxygen atoms in total. The standard InChI is InChI=1S/C5H12O4.C3H4O2.3HNO3/c6-1-5(2-7,3-8)4-9;1-2-3(4)5;3*2-1(3)4/h6-9H,1-4H2;2H,1H2,(H,4,5);3*(H,2,3,4). The van der Waals surface area contributed by atoms with Crippen LogP contribution in [0.4, 0.5) is 0 Å². The van der Waals surface area contributed by atoms with E-state index in [-0.39, 0.29) is 0 Å². The third kappa shape index (κ3) is 70.3. The van der Waals surface area contributed by atoms with E-state index in [1.807, 2.05) is 0 Å². The van der Waals surface area contributed by atoms with Crippen molar-refractivity contribution in [2.45, 2.75) is 0 Å². The van der Waals surface area contributed by atoms with E-state index in [1.165, 1.54) is 0 Å². The third-order valence-electron chi connectivity index (χ3n) is 1.52. The highest BCUT2D eigenvalue weighted by atomic mass is 16.9. The topological polar surface area (TPSA) is 308 Å². The van der Waals surface area contributed by atoms with Gasteiger partial charge in [0, 0.05) is 6.08 Å². The number of hydrogen-bond donors (Lipinski definition) is 8. The first-order chi connectivity index (χ1) is 11.7. The van der Waals surface area contributed by atoms with E-state index in [0.717, 1.165) is 6.08 Å². The van der Waals surface area contributed by atoms with Gasteiger partial charge in [-0.15, -0.1) is 30.3 Å². The molecule has 8 N–H and O–H groups in total. The molecule has 0 aromatic rings. The van der Waals surface area contributed by atoms with Crippen LogP contribution in [-0.2, 0) is 4.79 Å². The molecule has 0 radical (unpaired) electrons. The summed E-state index contributed by atoms with van der Waals surface area (Å²) in [5, 5.41) is 82.5. The minimum absolute atomic E-state index is 0.406. The van der Waals surface area contributed by atoms with Crippen molar-refractivity contribution in [2.75, 3.05) is 26.4 Å². The molecule has 0 amide bonds. The highest BCUT2D eigenvalue weighted by Crippen LogP contribution is 2.11. The van der Waals surface area contributed by atoms with Crippen LogP contribution in [0.3, 0.4) is 0 Å². The van der Waals surface area contributed by atoms with Crippen molar-refractivity contribution in [3.63, 3.8) is 0 Å². The lowest BCUT2D eigenvalue weighted by Crippen LogP contribution is -2.37. The van der Waals surface area contributed by atoms with E-state index < -0.39 is 53.1 Å². The van der Waals surface area contributed by atoms with E-state index in [9.17, 15) is 4.79 Å². The van der Waals surface area contributed by atoms with Crippen molar-refractivity contribution in [1.29, 1.82) is 0 Å². The molecule has 0 aromatic carbocycles. The van der Waals surface area contributed by atoms with Gasteiger partial charge in [0.25, 0.3) is 15.3 Å². The van der Waals surface area contributed by atoms with Crippen molar-refractivity contribution in [1.82, 2.24) is 0 Å². The number of aliphatic hydroxyl groups excluding tert-OH is 4. The van der Waals surface area contributed by atoms with Crippen molar-refractivity contribution >= 4 is 5.97 Å². The van der Waals surface area contributed by atoms with E-state index in [0.29, 0.717) is 0 Å². The molecule has 0 aliphatic carbocycles. The Hall–Kier alpha value is -3.35. The lowest BCUT2D eigenvalue weighted by molar-refractivity contribution is -0.742. The van der Waals surface area contributed by atoms with Crippen molar-refractivity contribution in [2.24, 2.45) is 5.41 Å². The van der Waals surface area contributed by atoms with Gasteiger partial charge in [-0.2, -0.15) is 0 Å². The minimum atomic E-state index is -1.50. The summed E-state index contributed by atoms with van der Waals surface area (Å²) in [5.41, 5.74) is -1.11. The largest absolute Gasteiger partial charge is 0.478 e. The van der Waals surface area contributed by atoms with E-state index in [2.05, 4.69) is 6.58 Å². The molecule has 0 saturated carbocycles. The molecule has 0 spiro atoms. The van der Waals surface area contributed by atoms with Gasteiger partial charge in [0.2, 0.25) is 0 Å². The summed E-state index contributed by atoms with van der Waals surface area (Å²) in [7, 11) is 0. The number of rotatable bonds is 5. The van der Waals surface area contributed by atoms with Crippen molar-refractivity contribution in [3.05, 3.63) is 43.0 Å². The average Bonchev–Trinajstić information content (AvgIpc) is 2.49. The molecule has 0 aliphatic rings. The SMILES string of the molecule is C=CC(=O)O.O=[N+]([O-])O.O=[N+]([O-])O.O=[N+]([O-])O.OCC(CO)(CO)CO. The first kappa shape index (κ1) is 34.1. The minimum Gasteiger partial charge on any atom is -0.478 e. The predicted molar refractivity (Wildman–Crippen MR) is 75.0 cm³/mol. The maximum absolute atomic E-state index is 9.25. The third-order valence-corrected chi connectivity index (χ3v) is 1.52. The van der Waals surface area contributed by atoms with Crippen LogP contribution in [0.25, 0.3) is 0 Å². The van der Waals surface area contributed by atoms with Crippen LogP contribution in [0, 0.1) is 35.8 Å². The van der Waals surface area contributed by atoms with Crippen LogP contribution in [0.1, 0.15) is 0 Å². The number of carboxylic acids is 1. The van der Waals surface area contributed by atoms with Gasteiger partial charge < -0.3 is 41.2 Å². The monoisotopic (exact) mass is 397 g/mol. The first-order valence-corrected chi connectivity index (χ1v) is 5.50. The Kier molecular flexibility index (Phi) is 31.3. The molecule has 26 heavy (non-hydrogen) atoms. The number of carboxylic acid groups (broad SMARTS) is 1. The number of carbonyl (C=O) groups is 1. The molecule has 0 unspecified atom stereocenters. The van der Waals surface area contributed by atoms with Crippen LogP contribution in [0.15, 0.2) is 12.7 Å². The molecule has 0 heterocycles. The molecule has 0 aliphatic heterocycles. The zero-order chi connectivity index (χ0) is 22.3. The Bertz CT molecular complexity index is 338. The summed E-state index contributed by atoms with van der Waals surface area (Å²) < 4.78 is 0. The predicted octanol–water partition coefficient (Wildman–Crippen LogP) is -2.84. The first-order valence-electron chi connectivity index (χ1n) is 5.50. The Balaban J connectivity index is -0.0000000749. The number of aliphatic hydroxyl groups is 4. The fraction of sp³-hybridized carbons (Fsp3) is 0.625. The van der Waals surface area contributed by atoms with Gasteiger partial charge in [-0.05, 0) is 0 Å². The molecule has 18 heteroatoms. The van der Waals surface area contributed by atoms with Crippen molar-refractivity contribution < 1.29 is 61.2 Å². The second-order valence-electron chi connectivity index (χ2n) is 3.39. The number of aliphatic carboxylic acids is 1. The molecule has 0 atom stereocenters. The summed E-state index contributed by atoms with van der Waals surface area (Å²) in [5.74, 6) is -0.981. The van der Waals surface area contributed by atoms with E-state index in [1.54, 1.807) is 0 Å². The summed E-state index contributed by atoms with van der Waals surface area (Å²) in [6, 6.07) is 0. The van der Waals surface area contributed by atoms with E-state index >= 15 is 0 Å². The fourth-order valence-electron chi connectivity index (χ4n) is 0.300. The van der Waals surface area contributed by atoms with Crippen molar-refractivity contribution in [3.8, 4) is 0 Å². The molecular formula is C8H19N3O15. The summed E-state index contributed by atoms with van der Waals surface area (Å²) in [6.45, 7) is 1.34. The van der Waals surface area contributed by atoms with Gasteiger partial charge >= 0.3 is 5.97 Å². The molecule has 0 rings (SSSR count). The zero-order valence-electron chi connectivity index (χ0n) is 12.9. The summed E-state index contributed by atoms with van der Waals surface area (Å²) >= 11 is 0. The second-order valence-corrected chi connectivity index (χ2v) is 3.39. The molecule has 0 saturated heterocycles. The highest BCUT2D eigenvalue weighted by Gasteiger charge is 2.26. The Morgan fingerprint density at radius 2 is 0.923 bits per heavy atom. The second kappa shape index (κ2) is 23.9. The smallest absolute Gasteiger partial charge is 0.327 e. The van der Waals surface area contributed by atoms with Gasteiger partial charge in [-0.25, -0.2) is 4.79 Å². The molecule has 0 fully saturated rings.